The van der Waals surface area contributed by atoms with Crippen LogP contribution in [0.1, 0.15) is 45.6 Å². The second-order valence-corrected chi connectivity index (χ2v) is 11.3. The molecule has 6 heteroatoms. The van der Waals surface area contributed by atoms with Crippen molar-refractivity contribution in [2.45, 2.75) is 31.5 Å². The Morgan fingerprint density at radius 2 is 1.79 bits per heavy atom. The minimum Gasteiger partial charge on any atom is -0.493 e. The molecule has 5 aromatic rings. The van der Waals surface area contributed by atoms with Crippen molar-refractivity contribution in [2.75, 3.05) is 13.7 Å². The van der Waals surface area contributed by atoms with Crippen LogP contribution in [-0.4, -0.2) is 23.5 Å². The molecule has 0 fully saturated rings. The van der Waals surface area contributed by atoms with Gasteiger partial charge in [0.15, 0.2) is 11.5 Å². The van der Waals surface area contributed by atoms with Crippen LogP contribution in [0.25, 0.3) is 10.9 Å². The third-order valence-corrected chi connectivity index (χ3v) is 8.64. The standard InChI is InChI=1S/C33H28BrFN2O2/c1-38-30-15-22-13-14-37-29(25(22)18-31(30)39-19-20-5-3-2-4-6-20)17-27-26-16-23(34)9-12-28(26)36-32(27)33(37)21-7-10-24(35)11-8-21/h2-12,15-16,18,29,33,36H,13-14,17,19H2,1H3. The molecular formula is C33H28BrFN2O2. The summed E-state index contributed by atoms with van der Waals surface area (Å²) in [6, 6.07) is 28.1. The van der Waals surface area contributed by atoms with E-state index in [9.17, 15) is 4.39 Å². The lowest BCUT2D eigenvalue weighted by atomic mass is 9.80. The molecule has 4 aromatic carbocycles. The molecule has 1 aromatic heterocycles. The van der Waals surface area contributed by atoms with Gasteiger partial charge in [-0.15, -0.1) is 0 Å². The number of rotatable bonds is 5. The molecule has 2 unspecified atom stereocenters. The molecule has 3 heterocycles. The summed E-state index contributed by atoms with van der Waals surface area (Å²) < 4.78 is 27.1. The maximum absolute atomic E-state index is 14.0. The van der Waals surface area contributed by atoms with Crippen LogP contribution >= 0.6 is 15.9 Å². The minimum atomic E-state index is -0.219. The smallest absolute Gasteiger partial charge is 0.162 e. The molecule has 0 amide bonds. The van der Waals surface area contributed by atoms with Crippen LogP contribution < -0.4 is 9.47 Å². The van der Waals surface area contributed by atoms with E-state index in [1.807, 2.05) is 30.3 Å². The van der Waals surface area contributed by atoms with Gasteiger partial charge in [0.1, 0.15) is 12.4 Å². The van der Waals surface area contributed by atoms with Crippen LogP contribution in [0.5, 0.6) is 11.5 Å². The van der Waals surface area contributed by atoms with Crippen LogP contribution in [0.3, 0.4) is 0 Å². The molecule has 0 bridgehead atoms. The third kappa shape index (κ3) is 4.32. The van der Waals surface area contributed by atoms with E-state index in [0.717, 1.165) is 52.0 Å². The second-order valence-electron chi connectivity index (χ2n) is 10.3. The van der Waals surface area contributed by atoms with Crippen molar-refractivity contribution in [1.29, 1.82) is 0 Å². The highest BCUT2D eigenvalue weighted by atomic mass is 79.9. The number of benzene rings is 4. The summed E-state index contributed by atoms with van der Waals surface area (Å²) in [6.07, 6.45) is 1.78. The predicted octanol–water partition coefficient (Wildman–Crippen LogP) is 7.90. The Hall–Kier alpha value is -3.61. The maximum atomic E-state index is 14.0. The lowest BCUT2D eigenvalue weighted by Crippen LogP contribution is -2.43. The van der Waals surface area contributed by atoms with E-state index >= 15 is 0 Å². The molecule has 196 valence electrons. The fourth-order valence-electron chi connectivity index (χ4n) is 6.33. The highest BCUT2D eigenvalue weighted by Gasteiger charge is 2.41. The Morgan fingerprint density at radius 3 is 2.59 bits per heavy atom. The number of aromatic amines is 1. The number of aromatic nitrogens is 1. The van der Waals surface area contributed by atoms with Crippen molar-refractivity contribution >= 4 is 26.8 Å². The first-order valence-electron chi connectivity index (χ1n) is 13.3. The lowest BCUT2D eigenvalue weighted by molar-refractivity contribution is 0.127. The van der Waals surface area contributed by atoms with Gasteiger partial charge in [0.2, 0.25) is 0 Å². The molecule has 0 spiro atoms. The molecule has 4 nitrogen and oxygen atoms in total. The molecule has 39 heavy (non-hydrogen) atoms. The van der Waals surface area contributed by atoms with Gasteiger partial charge in [0, 0.05) is 33.7 Å². The molecule has 2 aliphatic rings. The van der Waals surface area contributed by atoms with E-state index in [1.165, 1.54) is 27.8 Å². The first-order valence-corrected chi connectivity index (χ1v) is 14.1. The Morgan fingerprint density at radius 1 is 0.974 bits per heavy atom. The number of hydrogen-bond acceptors (Lipinski definition) is 3. The molecule has 0 saturated heterocycles. The number of H-pyrrole nitrogens is 1. The molecule has 0 saturated carbocycles. The summed E-state index contributed by atoms with van der Waals surface area (Å²) in [5.41, 5.74) is 8.40. The van der Waals surface area contributed by atoms with Gasteiger partial charge < -0.3 is 14.5 Å². The van der Waals surface area contributed by atoms with Gasteiger partial charge in [0.05, 0.1) is 13.2 Å². The number of fused-ring (bicyclic) bond motifs is 6. The summed E-state index contributed by atoms with van der Waals surface area (Å²) in [4.78, 5) is 6.30. The Labute approximate surface area is 235 Å². The number of hydrogen-bond donors (Lipinski definition) is 1. The summed E-state index contributed by atoms with van der Waals surface area (Å²) in [6.45, 7) is 1.37. The van der Waals surface area contributed by atoms with Gasteiger partial charge in [-0.25, -0.2) is 4.39 Å². The van der Waals surface area contributed by atoms with Gasteiger partial charge >= 0.3 is 0 Å². The summed E-state index contributed by atoms with van der Waals surface area (Å²) >= 11 is 3.67. The summed E-state index contributed by atoms with van der Waals surface area (Å²) in [5, 5.41) is 1.23. The predicted molar refractivity (Wildman–Crippen MR) is 155 cm³/mol. The van der Waals surface area contributed by atoms with Crippen LogP contribution in [0, 0.1) is 5.82 Å². The molecule has 2 aliphatic heterocycles. The number of ether oxygens (including phenoxy) is 2. The van der Waals surface area contributed by atoms with Crippen LogP contribution in [-0.2, 0) is 19.4 Å². The number of nitrogens with one attached hydrogen (secondary N) is 1. The average Bonchev–Trinajstić information content (AvgIpc) is 3.32. The fourth-order valence-corrected chi connectivity index (χ4v) is 6.69. The Bertz CT molecular complexity index is 1670. The van der Waals surface area contributed by atoms with E-state index in [2.05, 4.69) is 68.3 Å². The fraction of sp³-hybridized carbons (Fsp3) is 0.212. The van der Waals surface area contributed by atoms with Crippen molar-refractivity contribution in [3.05, 3.63) is 129 Å². The van der Waals surface area contributed by atoms with E-state index < -0.39 is 0 Å². The van der Waals surface area contributed by atoms with E-state index in [4.69, 9.17) is 9.47 Å². The minimum absolute atomic E-state index is 0.00513. The van der Waals surface area contributed by atoms with Crippen molar-refractivity contribution in [3.63, 3.8) is 0 Å². The topological polar surface area (TPSA) is 37.5 Å². The van der Waals surface area contributed by atoms with E-state index in [1.54, 1.807) is 19.2 Å². The zero-order valence-corrected chi connectivity index (χ0v) is 23.2. The first-order chi connectivity index (χ1) is 19.1. The summed E-state index contributed by atoms with van der Waals surface area (Å²) in [5.74, 6) is 1.30. The zero-order chi connectivity index (χ0) is 26.5. The normalized spacial score (nSPS) is 18.3. The number of nitrogens with zero attached hydrogens (tertiary/aromatic N) is 1. The molecule has 0 aliphatic carbocycles. The van der Waals surface area contributed by atoms with Crippen LogP contribution in [0.2, 0.25) is 0 Å². The van der Waals surface area contributed by atoms with Crippen molar-refractivity contribution in [2.24, 2.45) is 0 Å². The van der Waals surface area contributed by atoms with Crippen LogP contribution in [0.15, 0.2) is 89.4 Å². The number of methoxy groups -OCH3 is 1. The van der Waals surface area contributed by atoms with Gasteiger partial charge in [0.25, 0.3) is 0 Å². The van der Waals surface area contributed by atoms with E-state index in [-0.39, 0.29) is 17.9 Å². The maximum Gasteiger partial charge on any atom is 0.162 e. The quantitative estimate of drug-likeness (QED) is 0.229. The van der Waals surface area contributed by atoms with Crippen LogP contribution in [0.4, 0.5) is 4.39 Å². The molecule has 1 N–H and O–H groups in total. The highest BCUT2D eigenvalue weighted by molar-refractivity contribution is 9.10. The molecular weight excluding hydrogens is 555 g/mol. The SMILES string of the molecule is COc1cc2c(cc1OCc1ccccc1)C1Cc3c([nH]c4ccc(Br)cc34)C(c3ccc(F)cc3)N1CC2. The monoisotopic (exact) mass is 582 g/mol. The van der Waals surface area contributed by atoms with E-state index in [0.29, 0.717) is 6.61 Å². The largest absolute Gasteiger partial charge is 0.493 e. The number of halogens is 2. The van der Waals surface area contributed by atoms with Gasteiger partial charge in [-0.1, -0.05) is 58.4 Å². The molecule has 7 rings (SSSR count). The lowest BCUT2D eigenvalue weighted by Gasteiger charge is -2.46. The Balaban J connectivity index is 1.35. The average molecular weight is 584 g/mol. The van der Waals surface area contributed by atoms with Gasteiger partial charge in [-0.3, -0.25) is 4.90 Å². The first kappa shape index (κ1) is 24.4. The third-order valence-electron chi connectivity index (χ3n) is 8.15. The van der Waals surface area contributed by atoms with Crippen molar-refractivity contribution in [1.82, 2.24) is 9.88 Å². The van der Waals surface area contributed by atoms with Gasteiger partial charge in [-0.2, -0.15) is 0 Å². The zero-order valence-electron chi connectivity index (χ0n) is 21.6. The Kier molecular flexibility index (Phi) is 6.17. The summed E-state index contributed by atoms with van der Waals surface area (Å²) in [7, 11) is 1.70. The molecule has 2 atom stereocenters. The van der Waals surface area contributed by atoms with Gasteiger partial charge in [-0.05, 0) is 83.1 Å². The highest BCUT2D eigenvalue weighted by Crippen LogP contribution is 2.50. The second kappa shape index (κ2) is 9.85. The molecule has 0 radical (unpaired) electrons. The van der Waals surface area contributed by atoms with Crippen molar-refractivity contribution in [3.8, 4) is 11.5 Å². The van der Waals surface area contributed by atoms with Crippen molar-refractivity contribution < 1.29 is 13.9 Å².